The Morgan fingerprint density at radius 1 is 1.10 bits per heavy atom. The Kier molecular flexibility index (Phi) is 6.65. The first-order chi connectivity index (χ1) is 14.7. The van der Waals surface area contributed by atoms with Crippen LogP contribution < -0.4 is 10.5 Å². The zero-order valence-corrected chi connectivity index (χ0v) is 17.3. The fourth-order valence-electron chi connectivity index (χ4n) is 3.31. The van der Waals surface area contributed by atoms with Crippen molar-refractivity contribution in [3.8, 4) is 11.5 Å². The van der Waals surface area contributed by atoms with Gasteiger partial charge in [-0.1, -0.05) is 12.1 Å². The number of ether oxygens (including phenoxy) is 1. The summed E-state index contributed by atoms with van der Waals surface area (Å²) >= 11 is 0. The first-order valence-corrected chi connectivity index (χ1v) is 9.74. The predicted octanol–water partition coefficient (Wildman–Crippen LogP) is 3.88. The molecule has 0 saturated carbocycles. The normalized spacial score (nSPS) is 12.3. The molecule has 1 aliphatic heterocycles. The van der Waals surface area contributed by atoms with Crippen molar-refractivity contribution in [3.05, 3.63) is 88.0 Å². The van der Waals surface area contributed by atoms with E-state index in [2.05, 4.69) is 17.1 Å². The van der Waals surface area contributed by atoms with E-state index < -0.39 is 17.5 Å². The maximum atomic E-state index is 12.8. The molecule has 0 aliphatic carbocycles. The number of aryl methyl sites for hydroxylation is 2. The van der Waals surface area contributed by atoms with Crippen molar-refractivity contribution in [1.82, 2.24) is 4.98 Å². The molecule has 2 heterocycles. The van der Waals surface area contributed by atoms with Crippen molar-refractivity contribution >= 4 is 11.7 Å². The van der Waals surface area contributed by atoms with Crippen molar-refractivity contribution in [2.75, 3.05) is 6.61 Å². The number of Topliss-reactive ketones (excluding diaryl/α,β-unsaturated/α-hetero) is 1. The molecule has 0 bridgehead atoms. The molecule has 1 aliphatic rings. The van der Waals surface area contributed by atoms with Crippen LogP contribution in [-0.4, -0.2) is 28.4 Å². The number of carbonyl (C=O) groups excluding carboxylic acids is 2. The number of phenols is 1. The third kappa shape index (κ3) is 5.66. The number of pyridine rings is 1. The quantitative estimate of drug-likeness (QED) is 0.667. The summed E-state index contributed by atoms with van der Waals surface area (Å²) in [5.41, 5.74) is 10.4. The molecular weight excluding hydrogens is 399 g/mol. The number of fused-ring (bicyclic) bond motifs is 1. The van der Waals surface area contributed by atoms with Gasteiger partial charge in [-0.2, -0.15) is 0 Å². The van der Waals surface area contributed by atoms with Crippen LogP contribution in [-0.2, 0) is 6.42 Å². The van der Waals surface area contributed by atoms with E-state index in [-0.39, 0.29) is 30.1 Å². The van der Waals surface area contributed by atoms with Gasteiger partial charge in [0.15, 0.2) is 17.3 Å². The van der Waals surface area contributed by atoms with Gasteiger partial charge in [-0.15, -0.1) is 0 Å². The summed E-state index contributed by atoms with van der Waals surface area (Å²) < 4.78 is 17.9. The van der Waals surface area contributed by atoms with Crippen LogP contribution in [0, 0.1) is 19.7 Å². The number of benzene rings is 2. The maximum Gasteiger partial charge on any atom is 0.248 e. The summed E-state index contributed by atoms with van der Waals surface area (Å²) in [5, 5.41) is 9.00. The highest BCUT2D eigenvalue weighted by atomic mass is 19.1. The highest BCUT2D eigenvalue weighted by Gasteiger charge is 2.20. The number of nitrogens with zero attached hydrogens (tertiary/aromatic N) is 1. The summed E-state index contributed by atoms with van der Waals surface area (Å²) in [6.07, 6.45) is 1.10. The highest BCUT2D eigenvalue weighted by Crippen LogP contribution is 2.30. The lowest BCUT2D eigenvalue weighted by Crippen LogP contribution is -2.15. The highest BCUT2D eigenvalue weighted by molar-refractivity contribution is 5.99. The van der Waals surface area contributed by atoms with E-state index in [4.69, 9.17) is 15.6 Å². The summed E-state index contributed by atoms with van der Waals surface area (Å²) in [6, 6.07) is 13.7. The molecule has 4 rings (SSSR count). The van der Waals surface area contributed by atoms with E-state index in [1.165, 1.54) is 5.56 Å². The Bertz CT molecular complexity index is 1110. The number of carbonyl (C=O) groups is 2. The number of primary amides is 1. The minimum absolute atomic E-state index is 0.153. The minimum atomic E-state index is -0.794. The lowest BCUT2D eigenvalue weighted by atomic mass is 10.0. The second kappa shape index (κ2) is 9.38. The van der Waals surface area contributed by atoms with Crippen LogP contribution >= 0.6 is 0 Å². The lowest BCUT2D eigenvalue weighted by Gasteiger charge is -2.16. The minimum Gasteiger partial charge on any atom is -0.505 e. The lowest BCUT2D eigenvalue weighted by molar-refractivity contribution is 0.0931. The van der Waals surface area contributed by atoms with E-state index >= 15 is 0 Å². The number of phenolic OH excluding ortho intramolecular Hbond substituents is 1. The van der Waals surface area contributed by atoms with Gasteiger partial charge in [-0.25, -0.2) is 4.39 Å². The topological polar surface area (TPSA) is 103 Å². The number of aromatic nitrogens is 1. The van der Waals surface area contributed by atoms with Crippen LogP contribution in [0.4, 0.5) is 4.39 Å². The van der Waals surface area contributed by atoms with Crippen LogP contribution in [0.15, 0.2) is 48.5 Å². The van der Waals surface area contributed by atoms with Crippen molar-refractivity contribution in [2.45, 2.75) is 26.7 Å². The average Bonchev–Trinajstić information content (AvgIpc) is 2.70. The number of amides is 1. The Balaban J connectivity index is 0.000000185. The molecule has 0 spiro atoms. The van der Waals surface area contributed by atoms with Gasteiger partial charge in [-0.3, -0.25) is 14.6 Å². The largest absolute Gasteiger partial charge is 0.505 e. The molecule has 0 unspecified atom stereocenters. The van der Waals surface area contributed by atoms with Crippen LogP contribution in [0.3, 0.4) is 0 Å². The molecule has 0 atom stereocenters. The first kappa shape index (κ1) is 22.0. The van der Waals surface area contributed by atoms with Gasteiger partial charge in [0.1, 0.15) is 5.75 Å². The zero-order valence-electron chi connectivity index (χ0n) is 17.3. The SMILES string of the molecule is Cc1cc(Cc2ccc(C(N)=O)cc2)cc(C)n1.O=C1CCOc2cc(O)c(F)cc21. The molecule has 6 nitrogen and oxygen atoms in total. The van der Waals surface area contributed by atoms with E-state index in [1.54, 1.807) is 12.1 Å². The number of nitrogens with two attached hydrogens (primary N) is 1. The summed E-state index contributed by atoms with van der Waals surface area (Å²) in [6.45, 7) is 4.27. The number of hydrogen-bond donors (Lipinski definition) is 2. The molecule has 2 aromatic carbocycles. The van der Waals surface area contributed by atoms with Gasteiger partial charge in [0.05, 0.1) is 12.2 Å². The fraction of sp³-hybridized carbons (Fsp3) is 0.208. The first-order valence-electron chi connectivity index (χ1n) is 9.74. The summed E-state index contributed by atoms with van der Waals surface area (Å²) in [5.74, 6) is -1.57. The van der Waals surface area contributed by atoms with Crippen LogP contribution in [0.1, 0.15) is 49.7 Å². The number of halogens is 1. The third-order valence-electron chi connectivity index (χ3n) is 4.72. The fourth-order valence-corrected chi connectivity index (χ4v) is 3.31. The summed E-state index contributed by atoms with van der Waals surface area (Å²) in [4.78, 5) is 26.5. The Hall–Kier alpha value is -3.74. The van der Waals surface area contributed by atoms with Crippen molar-refractivity contribution < 1.29 is 23.8 Å². The van der Waals surface area contributed by atoms with Gasteiger partial charge in [0.2, 0.25) is 5.91 Å². The van der Waals surface area contributed by atoms with Gasteiger partial charge in [-0.05, 0) is 61.7 Å². The molecule has 7 heteroatoms. The molecule has 0 fully saturated rings. The Labute approximate surface area is 179 Å². The van der Waals surface area contributed by atoms with Gasteiger partial charge < -0.3 is 15.6 Å². The second-order valence-electron chi connectivity index (χ2n) is 7.32. The zero-order chi connectivity index (χ0) is 22.5. The number of rotatable bonds is 3. The van der Waals surface area contributed by atoms with Gasteiger partial charge >= 0.3 is 0 Å². The number of hydrogen-bond acceptors (Lipinski definition) is 5. The molecular formula is C24H23FN2O4. The molecule has 1 aromatic heterocycles. The molecule has 31 heavy (non-hydrogen) atoms. The molecule has 3 N–H and O–H groups in total. The average molecular weight is 422 g/mol. The maximum absolute atomic E-state index is 12.8. The number of aromatic hydroxyl groups is 1. The summed E-state index contributed by atoms with van der Waals surface area (Å²) in [7, 11) is 0. The second-order valence-corrected chi connectivity index (χ2v) is 7.32. The van der Waals surface area contributed by atoms with Crippen molar-refractivity contribution in [2.24, 2.45) is 5.73 Å². The Morgan fingerprint density at radius 3 is 2.35 bits per heavy atom. The Morgan fingerprint density at radius 2 is 1.74 bits per heavy atom. The third-order valence-corrected chi connectivity index (χ3v) is 4.72. The van der Waals surface area contributed by atoms with E-state index in [0.717, 1.165) is 35.5 Å². The standard InChI is InChI=1S/C15H16N2O.C9H7FO3/c1-10-7-13(8-11(2)17-10)9-12-3-5-14(6-4-12)15(16)18;10-6-3-5-7(11)1-2-13-9(5)4-8(6)12/h3-8H,9H2,1-2H3,(H2,16,18);3-4,12H,1-2H2. The molecule has 3 aromatic rings. The van der Waals surface area contributed by atoms with Crippen LogP contribution in [0.5, 0.6) is 11.5 Å². The van der Waals surface area contributed by atoms with E-state index in [0.29, 0.717) is 5.56 Å². The van der Waals surface area contributed by atoms with Gasteiger partial charge in [0, 0.05) is 29.4 Å². The monoisotopic (exact) mass is 422 g/mol. The van der Waals surface area contributed by atoms with E-state index in [1.807, 2.05) is 26.0 Å². The van der Waals surface area contributed by atoms with Crippen LogP contribution in [0.25, 0.3) is 0 Å². The van der Waals surface area contributed by atoms with Gasteiger partial charge in [0.25, 0.3) is 0 Å². The van der Waals surface area contributed by atoms with Crippen molar-refractivity contribution in [3.63, 3.8) is 0 Å². The number of ketones is 1. The molecule has 0 saturated heterocycles. The molecule has 160 valence electrons. The molecule has 1 amide bonds. The smallest absolute Gasteiger partial charge is 0.248 e. The van der Waals surface area contributed by atoms with E-state index in [9.17, 15) is 14.0 Å². The predicted molar refractivity (Wildman–Crippen MR) is 114 cm³/mol. The van der Waals surface area contributed by atoms with Crippen molar-refractivity contribution in [1.29, 1.82) is 0 Å². The van der Waals surface area contributed by atoms with Crippen LogP contribution in [0.2, 0.25) is 0 Å². The molecule has 0 radical (unpaired) electrons.